The number of carbonyl (C=O) groups excluding carboxylic acids is 2. The van der Waals surface area contributed by atoms with Gasteiger partial charge in [0.2, 0.25) is 0 Å². The Morgan fingerprint density at radius 3 is 2.09 bits per heavy atom. The lowest BCUT2D eigenvalue weighted by atomic mass is 10.2. The maximum Gasteiger partial charge on any atom is 0.274 e. The molecule has 0 saturated carbocycles. The van der Waals surface area contributed by atoms with Crippen molar-refractivity contribution in [3.05, 3.63) is 58.6 Å². The largest absolute Gasteiger partial charge is 0.335 e. The molecule has 3 rings (SSSR count). The molecule has 1 aliphatic heterocycles. The molecule has 0 bridgehead atoms. The summed E-state index contributed by atoms with van der Waals surface area (Å²) >= 11 is 3.36. The Balaban J connectivity index is 1.61. The van der Waals surface area contributed by atoms with Gasteiger partial charge < -0.3 is 9.80 Å². The number of piperazine rings is 1. The minimum Gasteiger partial charge on any atom is -0.335 e. The first kappa shape index (κ1) is 15.6. The molecule has 1 saturated heterocycles. The molecule has 23 heavy (non-hydrogen) atoms. The van der Waals surface area contributed by atoms with Crippen molar-refractivity contribution in [1.82, 2.24) is 19.8 Å². The van der Waals surface area contributed by atoms with E-state index < -0.39 is 0 Å². The van der Waals surface area contributed by atoms with Crippen molar-refractivity contribution in [1.29, 1.82) is 0 Å². The van der Waals surface area contributed by atoms with E-state index in [1.165, 1.54) is 18.6 Å². The van der Waals surface area contributed by atoms with Crippen molar-refractivity contribution in [2.24, 2.45) is 0 Å². The van der Waals surface area contributed by atoms with Gasteiger partial charge in [0.15, 0.2) is 0 Å². The number of hydrogen-bond donors (Lipinski definition) is 0. The Labute approximate surface area is 142 Å². The molecule has 0 spiro atoms. The molecule has 2 amide bonds. The van der Waals surface area contributed by atoms with Gasteiger partial charge in [-0.2, -0.15) is 0 Å². The van der Waals surface area contributed by atoms with Gasteiger partial charge in [0.1, 0.15) is 5.69 Å². The fourth-order valence-electron chi connectivity index (χ4n) is 2.46. The van der Waals surface area contributed by atoms with Gasteiger partial charge in [0.05, 0.1) is 6.20 Å². The van der Waals surface area contributed by atoms with Gasteiger partial charge in [-0.05, 0) is 24.3 Å². The van der Waals surface area contributed by atoms with E-state index in [2.05, 4.69) is 25.9 Å². The Hall–Kier alpha value is -2.28. The Morgan fingerprint density at radius 1 is 0.913 bits per heavy atom. The molecular weight excluding hydrogens is 360 g/mol. The summed E-state index contributed by atoms with van der Waals surface area (Å²) in [6.45, 7) is 2.02. The lowest BCUT2D eigenvalue weighted by Gasteiger charge is -2.34. The highest BCUT2D eigenvalue weighted by atomic mass is 79.9. The second kappa shape index (κ2) is 6.87. The van der Waals surface area contributed by atoms with E-state index in [1.807, 2.05) is 12.1 Å². The first-order valence-electron chi connectivity index (χ1n) is 7.25. The molecule has 118 valence electrons. The van der Waals surface area contributed by atoms with Gasteiger partial charge >= 0.3 is 0 Å². The van der Waals surface area contributed by atoms with Crippen LogP contribution >= 0.6 is 15.9 Å². The highest BCUT2D eigenvalue weighted by Crippen LogP contribution is 2.14. The van der Waals surface area contributed by atoms with Crippen LogP contribution in [0.1, 0.15) is 20.8 Å². The number of benzene rings is 1. The van der Waals surface area contributed by atoms with Gasteiger partial charge in [-0.1, -0.05) is 15.9 Å². The van der Waals surface area contributed by atoms with Gasteiger partial charge in [-0.25, -0.2) is 4.98 Å². The molecule has 0 N–H and O–H groups in total. The van der Waals surface area contributed by atoms with Crippen LogP contribution in [0.2, 0.25) is 0 Å². The van der Waals surface area contributed by atoms with Crippen LogP contribution in [0.25, 0.3) is 0 Å². The number of carbonyl (C=O) groups is 2. The number of amides is 2. The van der Waals surface area contributed by atoms with Crippen LogP contribution in [0.4, 0.5) is 0 Å². The fourth-order valence-corrected chi connectivity index (χ4v) is 2.72. The molecule has 0 aliphatic carbocycles. The van der Waals surface area contributed by atoms with Crippen LogP contribution in [-0.4, -0.2) is 57.8 Å². The van der Waals surface area contributed by atoms with Crippen molar-refractivity contribution < 1.29 is 9.59 Å². The zero-order valence-electron chi connectivity index (χ0n) is 12.4. The average molecular weight is 375 g/mol. The quantitative estimate of drug-likeness (QED) is 0.804. The summed E-state index contributed by atoms with van der Waals surface area (Å²) in [6.07, 6.45) is 4.49. The fraction of sp³-hybridized carbons (Fsp3) is 0.250. The Kier molecular flexibility index (Phi) is 4.66. The number of nitrogens with zero attached hydrogens (tertiary/aromatic N) is 4. The molecular formula is C16H15BrN4O2. The normalized spacial score (nSPS) is 14.7. The summed E-state index contributed by atoms with van der Waals surface area (Å²) < 4.78 is 0.938. The SMILES string of the molecule is O=C(c1ccc(Br)cc1)N1CCN(C(=O)c2cnccn2)CC1. The van der Waals surface area contributed by atoms with Gasteiger partial charge in [-0.15, -0.1) is 0 Å². The third-order valence-corrected chi connectivity index (χ3v) is 4.26. The van der Waals surface area contributed by atoms with E-state index in [-0.39, 0.29) is 11.8 Å². The van der Waals surface area contributed by atoms with Crippen LogP contribution in [0.3, 0.4) is 0 Å². The first-order chi connectivity index (χ1) is 11.1. The van der Waals surface area contributed by atoms with Crippen molar-refractivity contribution >= 4 is 27.7 Å². The van der Waals surface area contributed by atoms with E-state index in [0.717, 1.165) is 4.47 Å². The average Bonchev–Trinajstić information content (AvgIpc) is 2.62. The van der Waals surface area contributed by atoms with Crippen molar-refractivity contribution in [3.63, 3.8) is 0 Å². The smallest absolute Gasteiger partial charge is 0.274 e. The minimum absolute atomic E-state index is 0.0101. The van der Waals surface area contributed by atoms with Crippen molar-refractivity contribution in [2.45, 2.75) is 0 Å². The topological polar surface area (TPSA) is 66.4 Å². The molecule has 0 unspecified atom stereocenters. The van der Waals surface area contributed by atoms with E-state index in [9.17, 15) is 9.59 Å². The molecule has 6 nitrogen and oxygen atoms in total. The lowest BCUT2D eigenvalue weighted by molar-refractivity contribution is 0.0532. The minimum atomic E-state index is -0.145. The second-order valence-electron chi connectivity index (χ2n) is 5.18. The summed E-state index contributed by atoms with van der Waals surface area (Å²) in [4.78, 5) is 36.1. The van der Waals surface area contributed by atoms with Crippen molar-refractivity contribution in [3.8, 4) is 0 Å². The van der Waals surface area contributed by atoms with E-state index >= 15 is 0 Å². The molecule has 0 atom stereocenters. The molecule has 2 heterocycles. The molecule has 2 aromatic rings. The molecule has 1 aliphatic rings. The van der Waals surface area contributed by atoms with E-state index in [1.54, 1.807) is 21.9 Å². The first-order valence-corrected chi connectivity index (χ1v) is 8.04. The number of rotatable bonds is 2. The monoisotopic (exact) mass is 374 g/mol. The van der Waals surface area contributed by atoms with Crippen LogP contribution in [0.5, 0.6) is 0 Å². The maximum atomic E-state index is 12.4. The zero-order valence-corrected chi connectivity index (χ0v) is 13.9. The Morgan fingerprint density at radius 2 is 1.52 bits per heavy atom. The molecule has 1 aromatic heterocycles. The predicted molar refractivity (Wildman–Crippen MR) is 88.0 cm³/mol. The van der Waals surface area contributed by atoms with Gasteiger partial charge in [0.25, 0.3) is 11.8 Å². The van der Waals surface area contributed by atoms with Crippen LogP contribution < -0.4 is 0 Å². The van der Waals surface area contributed by atoms with E-state index in [4.69, 9.17) is 0 Å². The van der Waals surface area contributed by atoms with Gasteiger partial charge in [0, 0.05) is 48.6 Å². The van der Waals surface area contributed by atoms with Crippen LogP contribution in [0, 0.1) is 0 Å². The number of aromatic nitrogens is 2. The maximum absolute atomic E-state index is 12.4. The molecule has 7 heteroatoms. The summed E-state index contributed by atoms with van der Waals surface area (Å²) in [5.41, 5.74) is 0.988. The predicted octanol–water partition coefficient (Wildman–Crippen LogP) is 1.84. The van der Waals surface area contributed by atoms with Crippen LogP contribution in [0.15, 0.2) is 47.3 Å². The Bertz CT molecular complexity index is 698. The summed E-state index contributed by atoms with van der Waals surface area (Å²) in [7, 11) is 0. The highest BCUT2D eigenvalue weighted by Gasteiger charge is 2.26. The molecule has 1 fully saturated rings. The standard InChI is InChI=1S/C16H15BrN4O2/c17-13-3-1-12(2-4-13)15(22)20-7-9-21(10-8-20)16(23)14-11-18-5-6-19-14/h1-6,11H,7-10H2. The summed E-state index contributed by atoms with van der Waals surface area (Å²) in [6, 6.07) is 7.29. The number of hydrogen-bond acceptors (Lipinski definition) is 4. The zero-order chi connectivity index (χ0) is 16.2. The van der Waals surface area contributed by atoms with E-state index in [0.29, 0.717) is 37.4 Å². The summed E-state index contributed by atoms with van der Waals surface area (Å²) in [5.74, 6) is -0.155. The third-order valence-electron chi connectivity index (χ3n) is 3.73. The molecule has 1 aromatic carbocycles. The number of halogens is 1. The third kappa shape index (κ3) is 3.56. The highest BCUT2D eigenvalue weighted by molar-refractivity contribution is 9.10. The van der Waals surface area contributed by atoms with Crippen molar-refractivity contribution in [2.75, 3.05) is 26.2 Å². The van der Waals surface area contributed by atoms with Gasteiger partial charge in [-0.3, -0.25) is 14.6 Å². The second-order valence-corrected chi connectivity index (χ2v) is 6.10. The molecule has 0 radical (unpaired) electrons. The summed E-state index contributed by atoms with van der Waals surface area (Å²) in [5, 5.41) is 0. The van der Waals surface area contributed by atoms with Crippen LogP contribution in [-0.2, 0) is 0 Å². The lowest BCUT2D eigenvalue weighted by Crippen LogP contribution is -2.50.